The summed E-state index contributed by atoms with van der Waals surface area (Å²) in [7, 11) is 1.47. The maximum Gasteiger partial charge on any atom is 0.328 e. The average molecular weight is 600 g/mol. The molecule has 0 aliphatic rings. The highest BCUT2D eigenvalue weighted by Crippen LogP contribution is 2.26. The molecule has 0 radical (unpaired) electrons. The van der Waals surface area contributed by atoms with Crippen LogP contribution in [0.5, 0.6) is 5.75 Å². The molecule has 35 heavy (non-hydrogen) atoms. The number of benzene rings is 3. The van der Waals surface area contributed by atoms with Crippen molar-refractivity contribution in [2.45, 2.75) is 6.92 Å². The highest BCUT2D eigenvalue weighted by molar-refractivity contribution is 9.10. The number of carbonyl (C=O) groups is 3. The maximum absolute atomic E-state index is 13.2. The number of nitrogens with zero attached hydrogens (tertiary/aromatic N) is 1. The van der Waals surface area contributed by atoms with Crippen molar-refractivity contribution in [3.05, 3.63) is 86.9 Å². The SMILES string of the molecule is COc1ccccc1NC(=O)C(=O)Nn1c(C(=O)Nc2ccc(Br)cc2C)cc2cc(Br)ccc21. The van der Waals surface area contributed by atoms with E-state index in [0.717, 1.165) is 14.5 Å². The number of amides is 3. The molecular weight excluding hydrogens is 580 g/mol. The van der Waals surface area contributed by atoms with Gasteiger partial charge in [0.2, 0.25) is 0 Å². The second-order valence-corrected chi connectivity index (χ2v) is 9.41. The molecule has 8 nitrogen and oxygen atoms in total. The number of aryl methyl sites for hydroxylation is 1. The summed E-state index contributed by atoms with van der Waals surface area (Å²) in [5.74, 6) is -1.91. The van der Waals surface area contributed by atoms with E-state index in [0.29, 0.717) is 28.0 Å². The molecule has 3 aromatic carbocycles. The van der Waals surface area contributed by atoms with Crippen LogP contribution < -0.4 is 20.8 Å². The lowest BCUT2D eigenvalue weighted by Crippen LogP contribution is -2.36. The Kier molecular flexibility index (Phi) is 7.23. The number of carbonyl (C=O) groups excluding carboxylic acids is 3. The summed E-state index contributed by atoms with van der Waals surface area (Å²) in [6.45, 7) is 1.87. The lowest BCUT2D eigenvalue weighted by Gasteiger charge is -2.14. The standard InChI is InChI=1S/C25H20Br2N4O4/c1-14-11-16(26)7-9-18(14)28-23(32)21-13-15-12-17(27)8-10-20(15)31(21)30-25(34)24(33)29-19-5-3-4-6-22(19)35-2/h3-13H,1-2H3,(H,28,32)(H,29,33)(H,30,34). The predicted molar refractivity (Wildman–Crippen MR) is 142 cm³/mol. The van der Waals surface area contributed by atoms with E-state index in [1.165, 1.54) is 11.8 Å². The van der Waals surface area contributed by atoms with Gasteiger partial charge < -0.3 is 15.4 Å². The van der Waals surface area contributed by atoms with Gasteiger partial charge in [0.05, 0.1) is 18.3 Å². The fraction of sp³-hybridized carbons (Fsp3) is 0.0800. The Morgan fingerprint density at radius 3 is 2.29 bits per heavy atom. The molecule has 10 heteroatoms. The Morgan fingerprint density at radius 1 is 0.829 bits per heavy atom. The number of halogens is 2. The van der Waals surface area contributed by atoms with Gasteiger partial charge in [0.1, 0.15) is 11.4 Å². The van der Waals surface area contributed by atoms with Crippen LogP contribution >= 0.6 is 31.9 Å². The molecule has 178 valence electrons. The van der Waals surface area contributed by atoms with E-state index >= 15 is 0 Å². The number of methoxy groups -OCH3 is 1. The summed E-state index contributed by atoms with van der Waals surface area (Å²) < 4.78 is 8.21. The summed E-state index contributed by atoms with van der Waals surface area (Å²) in [4.78, 5) is 38.7. The molecule has 3 amide bonds. The Labute approximate surface area is 217 Å². The molecule has 0 saturated heterocycles. The predicted octanol–water partition coefficient (Wildman–Crippen LogP) is 5.44. The number of rotatable bonds is 5. The molecular formula is C25H20Br2N4O4. The van der Waals surface area contributed by atoms with Crippen molar-refractivity contribution in [3.8, 4) is 5.75 Å². The van der Waals surface area contributed by atoms with Gasteiger partial charge in [-0.1, -0.05) is 44.0 Å². The molecule has 1 aromatic heterocycles. The number of nitrogens with one attached hydrogen (secondary N) is 3. The highest BCUT2D eigenvalue weighted by atomic mass is 79.9. The monoisotopic (exact) mass is 598 g/mol. The summed E-state index contributed by atoms with van der Waals surface area (Å²) in [6, 6.07) is 19.2. The Bertz CT molecular complexity index is 1470. The van der Waals surface area contributed by atoms with Gasteiger partial charge in [-0.15, -0.1) is 0 Å². The molecule has 0 saturated carbocycles. The molecule has 0 atom stereocenters. The van der Waals surface area contributed by atoms with Crippen LogP contribution in [-0.4, -0.2) is 29.5 Å². The van der Waals surface area contributed by atoms with Gasteiger partial charge in [0.25, 0.3) is 5.91 Å². The van der Waals surface area contributed by atoms with E-state index < -0.39 is 17.7 Å². The first kappa shape index (κ1) is 24.5. The summed E-state index contributed by atoms with van der Waals surface area (Å²) in [6.07, 6.45) is 0. The van der Waals surface area contributed by atoms with Crippen molar-refractivity contribution in [1.82, 2.24) is 4.68 Å². The summed E-state index contributed by atoms with van der Waals surface area (Å²) in [5.41, 5.74) is 5.07. The molecule has 0 aliphatic heterocycles. The van der Waals surface area contributed by atoms with Crippen molar-refractivity contribution in [2.75, 3.05) is 23.2 Å². The lowest BCUT2D eigenvalue weighted by molar-refractivity contribution is -0.133. The molecule has 0 spiro atoms. The molecule has 4 rings (SSSR count). The van der Waals surface area contributed by atoms with Crippen molar-refractivity contribution in [2.24, 2.45) is 0 Å². The van der Waals surface area contributed by atoms with E-state index in [1.807, 2.05) is 25.1 Å². The van der Waals surface area contributed by atoms with Crippen LogP contribution in [0.25, 0.3) is 10.9 Å². The number of ether oxygens (including phenoxy) is 1. The van der Waals surface area contributed by atoms with Gasteiger partial charge >= 0.3 is 11.8 Å². The molecule has 4 aromatic rings. The van der Waals surface area contributed by atoms with Crippen LogP contribution in [0.3, 0.4) is 0 Å². The summed E-state index contributed by atoms with van der Waals surface area (Å²) >= 11 is 6.83. The normalized spacial score (nSPS) is 10.6. The third-order valence-corrected chi connectivity index (χ3v) is 6.19. The van der Waals surface area contributed by atoms with Gasteiger partial charge in [-0.25, -0.2) is 4.68 Å². The van der Waals surface area contributed by atoms with Crippen LogP contribution in [0.2, 0.25) is 0 Å². The van der Waals surface area contributed by atoms with Gasteiger partial charge in [0, 0.05) is 20.0 Å². The third kappa shape index (κ3) is 5.39. The second-order valence-electron chi connectivity index (χ2n) is 7.58. The number of fused-ring (bicyclic) bond motifs is 1. The largest absolute Gasteiger partial charge is 0.495 e. The third-order valence-electron chi connectivity index (χ3n) is 5.21. The first-order valence-corrected chi connectivity index (χ1v) is 12.0. The van der Waals surface area contributed by atoms with E-state index in [9.17, 15) is 14.4 Å². The minimum absolute atomic E-state index is 0.152. The zero-order chi connectivity index (χ0) is 25.1. The minimum Gasteiger partial charge on any atom is -0.495 e. The van der Waals surface area contributed by atoms with Gasteiger partial charge in [0.15, 0.2) is 0 Å². The fourth-order valence-corrected chi connectivity index (χ4v) is 4.36. The van der Waals surface area contributed by atoms with Crippen LogP contribution in [0.1, 0.15) is 16.1 Å². The number of hydrogen-bond acceptors (Lipinski definition) is 4. The van der Waals surface area contributed by atoms with Crippen molar-refractivity contribution in [3.63, 3.8) is 0 Å². The maximum atomic E-state index is 13.2. The Balaban J connectivity index is 1.64. The van der Waals surface area contributed by atoms with Gasteiger partial charge in [-0.3, -0.25) is 19.8 Å². The van der Waals surface area contributed by atoms with E-state index in [-0.39, 0.29) is 5.69 Å². The fourth-order valence-electron chi connectivity index (χ4n) is 3.51. The zero-order valence-corrected chi connectivity index (χ0v) is 21.9. The first-order valence-electron chi connectivity index (χ1n) is 10.4. The van der Waals surface area contributed by atoms with Crippen LogP contribution in [0, 0.1) is 6.92 Å². The number of para-hydroxylation sites is 2. The quantitative estimate of drug-likeness (QED) is 0.266. The van der Waals surface area contributed by atoms with Crippen LogP contribution in [-0.2, 0) is 9.59 Å². The average Bonchev–Trinajstić information content (AvgIpc) is 3.18. The minimum atomic E-state index is -0.954. The number of hydrogen-bond donors (Lipinski definition) is 3. The van der Waals surface area contributed by atoms with Crippen molar-refractivity contribution >= 4 is 71.9 Å². The lowest BCUT2D eigenvalue weighted by atomic mass is 10.2. The topological polar surface area (TPSA) is 101 Å². The zero-order valence-electron chi connectivity index (χ0n) is 18.7. The molecule has 1 heterocycles. The molecule has 0 bridgehead atoms. The van der Waals surface area contributed by atoms with Crippen molar-refractivity contribution in [1.29, 1.82) is 0 Å². The van der Waals surface area contributed by atoms with Crippen LogP contribution in [0.4, 0.5) is 11.4 Å². The molecule has 0 fully saturated rings. The highest BCUT2D eigenvalue weighted by Gasteiger charge is 2.22. The Hall–Kier alpha value is -3.63. The van der Waals surface area contributed by atoms with Gasteiger partial charge in [-0.2, -0.15) is 0 Å². The van der Waals surface area contributed by atoms with Crippen molar-refractivity contribution < 1.29 is 19.1 Å². The van der Waals surface area contributed by atoms with Gasteiger partial charge in [-0.05, 0) is 67.1 Å². The molecule has 3 N–H and O–H groups in total. The molecule has 0 unspecified atom stereocenters. The van der Waals surface area contributed by atoms with E-state index in [2.05, 4.69) is 47.9 Å². The molecule has 0 aliphatic carbocycles. The van der Waals surface area contributed by atoms with E-state index in [4.69, 9.17) is 4.74 Å². The second kappa shape index (κ2) is 10.3. The Morgan fingerprint density at radius 2 is 1.54 bits per heavy atom. The number of aromatic nitrogens is 1. The van der Waals surface area contributed by atoms with Crippen LogP contribution in [0.15, 0.2) is 75.7 Å². The smallest absolute Gasteiger partial charge is 0.328 e. The first-order chi connectivity index (χ1) is 16.8. The summed E-state index contributed by atoms with van der Waals surface area (Å²) in [5, 5.41) is 6.09. The number of anilines is 2. The van der Waals surface area contributed by atoms with E-state index in [1.54, 1.807) is 48.5 Å².